The molecule has 164 valence electrons. The van der Waals surface area contributed by atoms with Gasteiger partial charge in [-0.05, 0) is 62.1 Å². The monoisotopic (exact) mass is 434 g/mol. The van der Waals surface area contributed by atoms with Gasteiger partial charge in [0.1, 0.15) is 5.82 Å². The molecule has 3 aliphatic rings. The van der Waals surface area contributed by atoms with E-state index in [2.05, 4.69) is 20.7 Å². The van der Waals surface area contributed by atoms with Crippen LogP contribution in [0, 0.1) is 5.92 Å². The van der Waals surface area contributed by atoms with Gasteiger partial charge >= 0.3 is 0 Å². The number of ether oxygens (including phenoxy) is 1. The van der Waals surface area contributed by atoms with E-state index in [4.69, 9.17) is 21.2 Å². The molecule has 1 aromatic heterocycles. The van der Waals surface area contributed by atoms with Gasteiger partial charge in [-0.1, -0.05) is 11.6 Å². The number of pyridine rings is 1. The Kier molecular flexibility index (Phi) is 7.60. The molecule has 1 aliphatic carbocycles. The summed E-state index contributed by atoms with van der Waals surface area (Å²) in [5.41, 5.74) is 3.16. The second kappa shape index (κ2) is 10.6. The number of aromatic nitrogens is 1. The summed E-state index contributed by atoms with van der Waals surface area (Å²) >= 11 is 6.42. The van der Waals surface area contributed by atoms with E-state index in [0.717, 1.165) is 56.7 Å². The Bertz CT molecular complexity index is 742. The van der Waals surface area contributed by atoms with Crippen molar-refractivity contribution in [3.05, 3.63) is 28.9 Å². The first-order valence-corrected chi connectivity index (χ1v) is 11.4. The van der Waals surface area contributed by atoms with E-state index in [1.54, 1.807) is 12.3 Å². The topological polar surface area (TPSA) is 75.7 Å². The first kappa shape index (κ1) is 21.6. The molecule has 2 saturated heterocycles. The molecule has 1 atom stereocenters. The van der Waals surface area contributed by atoms with Crippen LogP contribution in [0.4, 0.5) is 5.82 Å². The molecule has 0 aromatic carbocycles. The minimum atomic E-state index is -0.363. The van der Waals surface area contributed by atoms with E-state index in [-0.39, 0.29) is 12.2 Å². The highest BCUT2D eigenvalue weighted by Crippen LogP contribution is 2.31. The molecule has 2 aliphatic heterocycles. The Hall–Kier alpha value is -1.67. The number of nitrogens with one attached hydrogen (secondary N) is 2. The third-order valence-corrected chi connectivity index (χ3v) is 6.15. The number of likely N-dealkylation sites (tertiary alicyclic amines) is 1. The van der Waals surface area contributed by atoms with Gasteiger partial charge in [0.2, 0.25) is 0 Å². The minimum absolute atomic E-state index is 0.347. The highest BCUT2D eigenvalue weighted by molar-refractivity contribution is 6.33. The van der Waals surface area contributed by atoms with E-state index in [9.17, 15) is 4.79 Å². The Labute approximate surface area is 183 Å². The summed E-state index contributed by atoms with van der Waals surface area (Å²) in [6.07, 6.45) is 12.3. The highest BCUT2D eigenvalue weighted by atomic mass is 35.5. The van der Waals surface area contributed by atoms with Crippen LogP contribution in [0.5, 0.6) is 0 Å². The second-order valence-corrected chi connectivity index (χ2v) is 8.88. The number of anilines is 1. The van der Waals surface area contributed by atoms with Gasteiger partial charge < -0.3 is 15.0 Å². The van der Waals surface area contributed by atoms with Gasteiger partial charge in [0.05, 0.1) is 5.02 Å². The maximum Gasteiger partial charge on any atom is 0.267 e. The second-order valence-electron chi connectivity index (χ2n) is 8.48. The van der Waals surface area contributed by atoms with Gasteiger partial charge in [0.25, 0.3) is 5.91 Å². The standard InChI is InChI=1S/C22H31ClN4O3/c23-19-13-17(6-7-20(28)26-30-21-3-1-2-12-29-21)14-24-22(19)25-18-8-10-27(11-9-18)15-16-4-5-16/h6-7,13-14,16,18,21H,1-5,8-12,15H2,(H,24,25)(H,26,28). The Morgan fingerprint density at radius 3 is 2.80 bits per heavy atom. The normalized spacial score (nSPS) is 23.6. The number of carbonyl (C=O) groups excluding carboxylic acids is 1. The molecule has 3 fully saturated rings. The summed E-state index contributed by atoms with van der Waals surface area (Å²) in [6.45, 7) is 4.20. The van der Waals surface area contributed by atoms with Crippen LogP contribution >= 0.6 is 11.6 Å². The lowest BCUT2D eigenvalue weighted by atomic mass is 10.0. The molecule has 0 radical (unpaired) electrons. The van der Waals surface area contributed by atoms with E-state index in [0.29, 0.717) is 23.5 Å². The molecule has 1 amide bonds. The van der Waals surface area contributed by atoms with E-state index < -0.39 is 0 Å². The van der Waals surface area contributed by atoms with Gasteiger partial charge in [0.15, 0.2) is 6.29 Å². The molecular weight excluding hydrogens is 404 g/mol. The van der Waals surface area contributed by atoms with Crippen molar-refractivity contribution in [1.82, 2.24) is 15.4 Å². The van der Waals surface area contributed by atoms with Crippen molar-refractivity contribution in [1.29, 1.82) is 0 Å². The molecule has 2 N–H and O–H groups in total. The summed E-state index contributed by atoms with van der Waals surface area (Å²) in [4.78, 5) is 24.2. The van der Waals surface area contributed by atoms with Gasteiger partial charge in [-0.15, -0.1) is 0 Å². The zero-order valence-corrected chi connectivity index (χ0v) is 18.1. The number of halogens is 1. The Morgan fingerprint density at radius 2 is 2.10 bits per heavy atom. The molecule has 1 unspecified atom stereocenters. The lowest BCUT2D eigenvalue weighted by molar-refractivity contribution is -0.198. The van der Waals surface area contributed by atoms with Crippen LogP contribution in [0.2, 0.25) is 5.02 Å². The van der Waals surface area contributed by atoms with Crippen molar-refractivity contribution >= 4 is 29.4 Å². The summed E-state index contributed by atoms with van der Waals surface area (Å²) in [5, 5.41) is 4.04. The lowest BCUT2D eigenvalue weighted by Gasteiger charge is -2.32. The predicted octanol–water partition coefficient (Wildman–Crippen LogP) is 3.61. The minimum Gasteiger partial charge on any atom is -0.366 e. The predicted molar refractivity (Wildman–Crippen MR) is 117 cm³/mol. The molecule has 4 rings (SSSR count). The van der Waals surface area contributed by atoms with Crippen LogP contribution in [0.15, 0.2) is 18.3 Å². The molecule has 30 heavy (non-hydrogen) atoms. The summed E-state index contributed by atoms with van der Waals surface area (Å²) in [7, 11) is 0. The zero-order valence-electron chi connectivity index (χ0n) is 17.3. The van der Waals surface area contributed by atoms with Crippen molar-refractivity contribution < 1.29 is 14.4 Å². The molecule has 0 bridgehead atoms. The largest absolute Gasteiger partial charge is 0.366 e. The number of hydrogen-bond donors (Lipinski definition) is 2. The van der Waals surface area contributed by atoms with Crippen LogP contribution in [0.25, 0.3) is 6.08 Å². The number of hydroxylamine groups is 1. The number of amides is 1. The van der Waals surface area contributed by atoms with Crippen molar-refractivity contribution in [3.8, 4) is 0 Å². The molecule has 8 heteroatoms. The fraction of sp³-hybridized carbons (Fsp3) is 0.636. The van der Waals surface area contributed by atoms with E-state index >= 15 is 0 Å². The first-order chi connectivity index (χ1) is 14.7. The molecule has 3 heterocycles. The quantitative estimate of drug-likeness (QED) is 0.481. The van der Waals surface area contributed by atoms with Crippen molar-refractivity contribution in [2.45, 2.75) is 57.3 Å². The fourth-order valence-corrected chi connectivity index (χ4v) is 4.13. The smallest absolute Gasteiger partial charge is 0.267 e. The Balaban J connectivity index is 1.21. The summed E-state index contributed by atoms with van der Waals surface area (Å²) in [5.74, 6) is 1.30. The van der Waals surface area contributed by atoms with Crippen molar-refractivity contribution in [2.75, 3.05) is 31.6 Å². The van der Waals surface area contributed by atoms with Crippen LogP contribution in [0.3, 0.4) is 0 Å². The highest BCUT2D eigenvalue weighted by Gasteiger charge is 2.27. The average molecular weight is 435 g/mol. The first-order valence-electron chi connectivity index (χ1n) is 11.1. The lowest BCUT2D eigenvalue weighted by Crippen LogP contribution is -2.40. The van der Waals surface area contributed by atoms with E-state index in [1.165, 1.54) is 25.5 Å². The number of hydrogen-bond acceptors (Lipinski definition) is 6. The van der Waals surface area contributed by atoms with E-state index in [1.807, 2.05) is 6.07 Å². The molecule has 1 aromatic rings. The number of nitrogens with zero attached hydrogens (tertiary/aromatic N) is 2. The maximum atomic E-state index is 11.9. The fourth-order valence-electron chi connectivity index (χ4n) is 3.90. The molecule has 7 nitrogen and oxygen atoms in total. The van der Waals surface area contributed by atoms with Crippen LogP contribution in [0.1, 0.15) is 50.5 Å². The van der Waals surface area contributed by atoms with Crippen LogP contribution in [-0.2, 0) is 14.4 Å². The summed E-state index contributed by atoms with van der Waals surface area (Å²) in [6, 6.07) is 2.21. The molecular formula is C22H31ClN4O3. The van der Waals surface area contributed by atoms with Crippen molar-refractivity contribution in [2.24, 2.45) is 5.92 Å². The number of piperidine rings is 1. The number of rotatable bonds is 8. The van der Waals surface area contributed by atoms with Gasteiger partial charge in [0, 0.05) is 51.0 Å². The zero-order chi connectivity index (χ0) is 20.8. The van der Waals surface area contributed by atoms with Crippen molar-refractivity contribution in [3.63, 3.8) is 0 Å². The third-order valence-electron chi connectivity index (χ3n) is 5.86. The van der Waals surface area contributed by atoms with Gasteiger partial charge in [-0.25, -0.2) is 15.3 Å². The van der Waals surface area contributed by atoms with Gasteiger partial charge in [-0.3, -0.25) is 4.79 Å². The van der Waals surface area contributed by atoms with Gasteiger partial charge in [-0.2, -0.15) is 0 Å². The summed E-state index contributed by atoms with van der Waals surface area (Å²) < 4.78 is 5.41. The Morgan fingerprint density at radius 1 is 1.27 bits per heavy atom. The third kappa shape index (κ3) is 6.67. The number of carbonyl (C=O) groups is 1. The van der Waals surface area contributed by atoms with Crippen LogP contribution in [-0.4, -0.2) is 54.4 Å². The molecule has 1 saturated carbocycles. The maximum absolute atomic E-state index is 11.9. The average Bonchev–Trinajstić information content (AvgIpc) is 3.58. The molecule has 0 spiro atoms. The SMILES string of the molecule is O=C(C=Cc1cnc(NC2CCN(CC3CC3)CC2)c(Cl)c1)NOC1CCCCO1. The van der Waals surface area contributed by atoms with Crippen LogP contribution < -0.4 is 10.8 Å².